The summed E-state index contributed by atoms with van der Waals surface area (Å²) in [6, 6.07) is 5.87. The van der Waals surface area contributed by atoms with Crippen molar-refractivity contribution in [1.29, 1.82) is 0 Å². The first-order valence-corrected chi connectivity index (χ1v) is 5.93. The van der Waals surface area contributed by atoms with Gasteiger partial charge in [0.15, 0.2) is 0 Å². The van der Waals surface area contributed by atoms with Crippen molar-refractivity contribution in [2.75, 3.05) is 24.6 Å². The number of nitrogens with zero attached hydrogens (tertiary/aromatic N) is 1. The fourth-order valence-electron chi connectivity index (χ4n) is 2.04. The standard InChI is InChI=1S/C12H17ClN2O/c1-9-8-15(4-5-16-9)12-6-11(13)3-2-10(12)7-14/h2-3,6,9H,4-5,7-8,14H2,1H3. The van der Waals surface area contributed by atoms with Crippen molar-refractivity contribution in [1.82, 2.24) is 0 Å². The molecule has 0 bridgehead atoms. The van der Waals surface area contributed by atoms with E-state index in [0.717, 1.165) is 36.0 Å². The summed E-state index contributed by atoms with van der Waals surface area (Å²) >= 11 is 6.03. The second kappa shape index (κ2) is 5.04. The molecule has 1 heterocycles. The van der Waals surface area contributed by atoms with Gasteiger partial charge in [-0.05, 0) is 24.6 Å². The van der Waals surface area contributed by atoms with E-state index in [9.17, 15) is 0 Å². The maximum absolute atomic E-state index is 6.03. The Hall–Kier alpha value is -0.770. The van der Waals surface area contributed by atoms with Gasteiger partial charge in [0, 0.05) is 30.3 Å². The van der Waals surface area contributed by atoms with Crippen molar-refractivity contribution in [2.45, 2.75) is 19.6 Å². The van der Waals surface area contributed by atoms with Crippen LogP contribution in [0, 0.1) is 0 Å². The third-order valence-electron chi connectivity index (χ3n) is 2.85. The van der Waals surface area contributed by atoms with Crippen molar-refractivity contribution in [3.05, 3.63) is 28.8 Å². The van der Waals surface area contributed by atoms with Crippen LogP contribution in [0.25, 0.3) is 0 Å². The van der Waals surface area contributed by atoms with Crippen LogP contribution in [0.15, 0.2) is 18.2 Å². The number of rotatable bonds is 2. The van der Waals surface area contributed by atoms with Gasteiger partial charge in [-0.25, -0.2) is 0 Å². The Morgan fingerprint density at radius 1 is 1.56 bits per heavy atom. The number of benzene rings is 1. The molecule has 1 aromatic rings. The summed E-state index contributed by atoms with van der Waals surface area (Å²) in [7, 11) is 0. The number of anilines is 1. The summed E-state index contributed by atoms with van der Waals surface area (Å²) < 4.78 is 5.53. The van der Waals surface area contributed by atoms with Crippen LogP contribution in [-0.4, -0.2) is 25.8 Å². The Bertz CT molecular complexity index is 370. The Balaban J connectivity index is 2.26. The maximum Gasteiger partial charge on any atom is 0.0722 e. The van der Waals surface area contributed by atoms with Crippen LogP contribution in [0.2, 0.25) is 5.02 Å². The average molecular weight is 241 g/mol. The topological polar surface area (TPSA) is 38.5 Å². The molecule has 0 saturated carbocycles. The Labute approximate surface area is 101 Å². The molecule has 0 aliphatic carbocycles. The molecule has 4 heteroatoms. The minimum atomic E-state index is 0.262. The highest BCUT2D eigenvalue weighted by Crippen LogP contribution is 2.26. The molecule has 1 aromatic carbocycles. The van der Waals surface area contributed by atoms with Crippen LogP contribution in [0.5, 0.6) is 0 Å². The molecule has 1 fully saturated rings. The van der Waals surface area contributed by atoms with Gasteiger partial charge in [0.05, 0.1) is 12.7 Å². The highest BCUT2D eigenvalue weighted by Gasteiger charge is 2.19. The Morgan fingerprint density at radius 2 is 2.38 bits per heavy atom. The maximum atomic E-state index is 6.03. The largest absolute Gasteiger partial charge is 0.375 e. The Morgan fingerprint density at radius 3 is 3.06 bits per heavy atom. The zero-order valence-corrected chi connectivity index (χ0v) is 10.2. The van der Waals surface area contributed by atoms with Crippen LogP contribution in [-0.2, 0) is 11.3 Å². The molecule has 2 rings (SSSR count). The number of halogens is 1. The van der Waals surface area contributed by atoms with Crippen molar-refractivity contribution >= 4 is 17.3 Å². The highest BCUT2D eigenvalue weighted by atomic mass is 35.5. The van der Waals surface area contributed by atoms with Crippen LogP contribution in [0.1, 0.15) is 12.5 Å². The van der Waals surface area contributed by atoms with E-state index in [2.05, 4.69) is 11.8 Å². The van der Waals surface area contributed by atoms with Gasteiger partial charge in [-0.3, -0.25) is 0 Å². The normalized spacial score (nSPS) is 21.2. The van der Waals surface area contributed by atoms with E-state index >= 15 is 0 Å². The summed E-state index contributed by atoms with van der Waals surface area (Å²) in [6.45, 7) is 5.18. The van der Waals surface area contributed by atoms with E-state index in [-0.39, 0.29) is 6.10 Å². The molecule has 1 aliphatic heterocycles. The van der Waals surface area contributed by atoms with Gasteiger partial charge < -0.3 is 15.4 Å². The number of morpholine rings is 1. The van der Waals surface area contributed by atoms with E-state index in [1.165, 1.54) is 0 Å². The SMILES string of the molecule is CC1CN(c2cc(Cl)ccc2CN)CCO1. The van der Waals surface area contributed by atoms with Crippen molar-refractivity contribution in [2.24, 2.45) is 5.73 Å². The summed E-state index contributed by atoms with van der Waals surface area (Å²) in [4.78, 5) is 2.29. The van der Waals surface area contributed by atoms with Crippen molar-refractivity contribution < 1.29 is 4.74 Å². The van der Waals surface area contributed by atoms with Crippen LogP contribution in [0.4, 0.5) is 5.69 Å². The molecule has 1 aliphatic rings. The van der Waals surface area contributed by atoms with E-state index in [4.69, 9.17) is 22.1 Å². The van der Waals surface area contributed by atoms with Crippen LogP contribution in [0.3, 0.4) is 0 Å². The molecule has 0 spiro atoms. The summed E-state index contributed by atoms with van der Waals surface area (Å²) in [5.41, 5.74) is 8.02. The Kier molecular flexibility index (Phi) is 3.69. The lowest BCUT2D eigenvalue weighted by atomic mass is 10.1. The van der Waals surface area contributed by atoms with Gasteiger partial charge in [0.25, 0.3) is 0 Å². The second-order valence-corrected chi connectivity index (χ2v) is 4.54. The molecule has 1 atom stereocenters. The molecule has 0 amide bonds. The number of nitrogens with two attached hydrogens (primary N) is 1. The molecule has 88 valence electrons. The summed E-state index contributed by atoms with van der Waals surface area (Å²) in [5.74, 6) is 0. The van der Waals surface area contributed by atoms with Crippen molar-refractivity contribution in [3.63, 3.8) is 0 Å². The van der Waals surface area contributed by atoms with Gasteiger partial charge in [0.2, 0.25) is 0 Å². The second-order valence-electron chi connectivity index (χ2n) is 4.10. The predicted molar refractivity (Wildman–Crippen MR) is 67.0 cm³/mol. The zero-order valence-electron chi connectivity index (χ0n) is 9.45. The molecule has 2 N–H and O–H groups in total. The lowest BCUT2D eigenvalue weighted by Crippen LogP contribution is -2.41. The van der Waals surface area contributed by atoms with E-state index in [1.54, 1.807) is 0 Å². The molecule has 0 radical (unpaired) electrons. The lowest BCUT2D eigenvalue weighted by Gasteiger charge is -2.34. The minimum absolute atomic E-state index is 0.262. The van der Waals surface area contributed by atoms with Gasteiger partial charge in [0.1, 0.15) is 0 Å². The van der Waals surface area contributed by atoms with Crippen LogP contribution >= 0.6 is 11.6 Å². The van der Waals surface area contributed by atoms with Crippen molar-refractivity contribution in [3.8, 4) is 0 Å². The minimum Gasteiger partial charge on any atom is -0.375 e. The van der Waals surface area contributed by atoms with Gasteiger partial charge in [-0.15, -0.1) is 0 Å². The average Bonchev–Trinajstić information content (AvgIpc) is 2.29. The molecule has 3 nitrogen and oxygen atoms in total. The quantitative estimate of drug-likeness (QED) is 0.860. The van der Waals surface area contributed by atoms with Gasteiger partial charge in [-0.1, -0.05) is 17.7 Å². The summed E-state index contributed by atoms with van der Waals surface area (Å²) in [6.07, 6.45) is 0.262. The van der Waals surface area contributed by atoms with Gasteiger partial charge >= 0.3 is 0 Å². The number of hydrogen-bond donors (Lipinski definition) is 1. The highest BCUT2D eigenvalue weighted by molar-refractivity contribution is 6.30. The molecular weight excluding hydrogens is 224 g/mol. The monoisotopic (exact) mass is 240 g/mol. The fourth-order valence-corrected chi connectivity index (χ4v) is 2.21. The van der Waals surface area contributed by atoms with E-state index in [0.29, 0.717) is 6.54 Å². The molecule has 1 unspecified atom stereocenters. The molecular formula is C12H17ClN2O. The zero-order chi connectivity index (χ0) is 11.5. The number of ether oxygens (including phenoxy) is 1. The predicted octanol–water partition coefficient (Wildman–Crippen LogP) is 2.02. The first-order chi connectivity index (χ1) is 7.70. The molecule has 0 aromatic heterocycles. The van der Waals surface area contributed by atoms with Gasteiger partial charge in [-0.2, -0.15) is 0 Å². The third-order valence-corrected chi connectivity index (χ3v) is 3.08. The first kappa shape index (κ1) is 11.7. The molecule has 1 saturated heterocycles. The lowest BCUT2D eigenvalue weighted by molar-refractivity contribution is 0.0532. The smallest absolute Gasteiger partial charge is 0.0722 e. The van der Waals surface area contributed by atoms with E-state index < -0.39 is 0 Å². The van der Waals surface area contributed by atoms with Crippen LogP contribution < -0.4 is 10.6 Å². The molecule has 16 heavy (non-hydrogen) atoms. The number of hydrogen-bond acceptors (Lipinski definition) is 3. The fraction of sp³-hybridized carbons (Fsp3) is 0.500. The first-order valence-electron chi connectivity index (χ1n) is 5.55. The third kappa shape index (κ3) is 2.48. The summed E-state index contributed by atoms with van der Waals surface area (Å²) in [5, 5.41) is 0.756. The van der Waals surface area contributed by atoms with E-state index in [1.807, 2.05) is 18.2 Å².